The van der Waals surface area contributed by atoms with E-state index in [0.717, 1.165) is 10.9 Å². The van der Waals surface area contributed by atoms with E-state index in [-0.39, 0.29) is 31.8 Å². The van der Waals surface area contributed by atoms with Gasteiger partial charge in [0.2, 0.25) is 5.91 Å². The van der Waals surface area contributed by atoms with Crippen molar-refractivity contribution in [1.82, 2.24) is 9.88 Å². The molecule has 0 bridgehead atoms. The number of anilines is 1. The number of rotatable bonds is 11. The zero-order valence-corrected chi connectivity index (χ0v) is 21.0. The van der Waals surface area contributed by atoms with Crippen LogP contribution in [0.2, 0.25) is 5.02 Å². The molecule has 1 atom stereocenters. The summed E-state index contributed by atoms with van der Waals surface area (Å²) in [4.78, 5) is 30.1. The first-order valence-corrected chi connectivity index (χ1v) is 11.9. The van der Waals surface area contributed by atoms with Crippen LogP contribution in [-0.4, -0.2) is 51.8 Å². The standard InChI is InChI=1S/C26H30ClFN4O4/c1-26(2,35)13-21(32(10-9-23(29)33)15-18-5-3-4-6-22(18)27)16-36-25(34)31-24-12-19-11-20(28)8-7-17(19)14-30-24/h3-8,11-12,14,21,35H,9-10,13,15-16H2,1-2H3,(H2,29,33)(H,30,31,34)/t21-/m0/s1. The third-order valence-corrected chi connectivity index (χ3v) is 5.92. The summed E-state index contributed by atoms with van der Waals surface area (Å²) in [5.74, 6) is -0.663. The summed E-state index contributed by atoms with van der Waals surface area (Å²) in [6.45, 7) is 3.86. The first-order chi connectivity index (χ1) is 17.0. The number of primary amides is 1. The van der Waals surface area contributed by atoms with Crippen molar-refractivity contribution < 1.29 is 23.8 Å². The summed E-state index contributed by atoms with van der Waals surface area (Å²) >= 11 is 6.34. The summed E-state index contributed by atoms with van der Waals surface area (Å²) in [6, 6.07) is 12.7. The van der Waals surface area contributed by atoms with Gasteiger partial charge in [0.1, 0.15) is 18.2 Å². The minimum Gasteiger partial charge on any atom is -0.448 e. The lowest BCUT2D eigenvalue weighted by atomic mass is 9.97. The van der Waals surface area contributed by atoms with E-state index in [9.17, 15) is 19.1 Å². The Hall–Kier alpha value is -3.27. The molecule has 3 rings (SSSR count). The quantitative estimate of drug-likeness (QED) is 0.346. The summed E-state index contributed by atoms with van der Waals surface area (Å²) < 4.78 is 19.0. The molecule has 1 heterocycles. The second kappa shape index (κ2) is 12.1. The van der Waals surface area contributed by atoms with Crippen LogP contribution in [0.15, 0.2) is 54.7 Å². The summed E-state index contributed by atoms with van der Waals surface area (Å²) in [5, 5.41) is 14.9. The van der Waals surface area contributed by atoms with Crippen LogP contribution < -0.4 is 11.1 Å². The van der Waals surface area contributed by atoms with E-state index in [0.29, 0.717) is 17.0 Å². The number of carbonyl (C=O) groups excluding carboxylic acids is 2. The lowest BCUT2D eigenvalue weighted by molar-refractivity contribution is -0.118. The Bertz CT molecular complexity index is 1220. The second-order valence-electron chi connectivity index (χ2n) is 9.23. The van der Waals surface area contributed by atoms with Crippen molar-refractivity contribution in [2.45, 2.75) is 44.9 Å². The molecule has 0 saturated heterocycles. The predicted molar refractivity (Wildman–Crippen MR) is 137 cm³/mol. The number of nitrogens with two attached hydrogens (primary N) is 1. The highest BCUT2D eigenvalue weighted by Crippen LogP contribution is 2.23. The Morgan fingerprint density at radius 3 is 2.67 bits per heavy atom. The minimum atomic E-state index is -1.08. The number of amides is 2. The number of nitrogens with zero attached hydrogens (tertiary/aromatic N) is 2. The van der Waals surface area contributed by atoms with E-state index >= 15 is 0 Å². The molecule has 0 spiro atoms. The fourth-order valence-corrected chi connectivity index (χ4v) is 4.05. The van der Waals surface area contributed by atoms with Gasteiger partial charge in [-0.3, -0.25) is 15.0 Å². The van der Waals surface area contributed by atoms with Gasteiger partial charge in [-0.1, -0.05) is 29.8 Å². The van der Waals surface area contributed by atoms with Gasteiger partial charge in [-0.25, -0.2) is 14.2 Å². The fraction of sp³-hybridized carbons (Fsp3) is 0.346. The van der Waals surface area contributed by atoms with Crippen LogP contribution in [0.4, 0.5) is 15.0 Å². The van der Waals surface area contributed by atoms with E-state index in [1.807, 2.05) is 23.1 Å². The molecule has 10 heteroatoms. The van der Waals surface area contributed by atoms with Crippen molar-refractivity contribution in [2.24, 2.45) is 5.73 Å². The maximum Gasteiger partial charge on any atom is 0.412 e. The molecule has 0 fully saturated rings. The number of pyridine rings is 1. The van der Waals surface area contributed by atoms with Gasteiger partial charge in [0, 0.05) is 42.2 Å². The smallest absolute Gasteiger partial charge is 0.412 e. The van der Waals surface area contributed by atoms with E-state index < -0.39 is 29.5 Å². The van der Waals surface area contributed by atoms with Crippen LogP contribution in [0, 0.1) is 5.82 Å². The van der Waals surface area contributed by atoms with Gasteiger partial charge < -0.3 is 15.6 Å². The molecule has 2 amide bonds. The number of benzene rings is 2. The molecule has 2 aromatic carbocycles. The number of ether oxygens (including phenoxy) is 1. The molecule has 0 aliphatic rings. The average molecular weight is 517 g/mol. The largest absolute Gasteiger partial charge is 0.448 e. The van der Waals surface area contributed by atoms with Gasteiger partial charge in [0.05, 0.1) is 5.60 Å². The van der Waals surface area contributed by atoms with Gasteiger partial charge in [0.15, 0.2) is 0 Å². The number of aliphatic hydroxyl groups is 1. The monoisotopic (exact) mass is 516 g/mol. The number of carbonyl (C=O) groups is 2. The molecule has 192 valence electrons. The number of hydrogen-bond donors (Lipinski definition) is 3. The Morgan fingerprint density at radius 1 is 1.22 bits per heavy atom. The molecule has 0 aliphatic heterocycles. The molecule has 0 aliphatic carbocycles. The van der Waals surface area contributed by atoms with Gasteiger partial charge in [-0.05, 0) is 61.5 Å². The Kier molecular flexibility index (Phi) is 9.19. The Morgan fingerprint density at radius 2 is 1.97 bits per heavy atom. The van der Waals surface area contributed by atoms with E-state index in [1.165, 1.54) is 18.3 Å². The number of aromatic nitrogens is 1. The predicted octanol–water partition coefficient (Wildman–Crippen LogP) is 4.48. The summed E-state index contributed by atoms with van der Waals surface area (Å²) in [7, 11) is 0. The Labute approximate surface area is 214 Å². The van der Waals surface area contributed by atoms with Gasteiger partial charge in [-0.2, -0.15) is 0 Å². The lowest BCUT2D eigenvalue weighted by Crippen LogP contribution is -2.44. The van der Waals surface area contributed by atoms with E-state index in [1.54, 1.807) is 32.0 Å². The van der Waals surface area contributed by atoms with E-state index in [2.05, 4.69) is 10.3 Å². The minimum absolute atomic E-state index is 0.0799. The highest BCUT2D eigenvalue weighted by molar-refractivity contribution is 6.31. The van der Waals surface area contributed by atoms with Crippen LogP contribution in [-0.2, 0) is 16.1 Å². The zero-order chi connectivity index (χ0) is 26.3. The normalized spacial score (nSPS) is 12.5. The van der Waals surface area contributed by atoms with Crippen LogP contribution in [0.5, 0.6) is 0 Å². The molecule has 36 heavy (non-hydrogen) atoms. The Balaban J connectivity index is 1.74. The molecule has 0 saturated carbocycles. The van der Waals surface area contributed by atoms with Crippen molar-refractivity contribution in [3.8, 4) is 0 Å². The van der Waals surface area contributed by atoms with Crippen LogP contribution >= 0.6 is 11.6 Å². The topological polar surface area (TPSA) is 118 Å². The van der Waals surface area contributed by atoms with Gasteiger partial charge >= 0.3 is 6.09 Å². The molecular formula is C26H30ClFN4O4. The number of nitrogens with one attached hydrogen (secondary N) is 1. The third kappa shape index (κ3) is 8.44. The van der Waals surface area contributed by atoms with Crippen LogP contribution in [0.3, 0.4) is 0 Å². The maximum absolute atomic E-state index is 13.6. The molecule has 1 aromatic heterocycles. The second-order valence-corrected chi connectivity index (χ2v) is 9.64. The molecule has 4 N–H and O–H groups in total. The first kappa shape index (κ1) is 27.3. The zero-order valence-electron chi connectivity index (χ0n) is 20.2. The van der Waals surface area contributed by atoms with Gasteiger partial charge in [0.25, 0.3) is 0 Å². The van der Waals surface area contributed by atoms with Crippen LogP contribution in [0.1, 0.15) is 32.3 Å². The molecular weight excluding hydrogens is 487 g/mol. The van der Waals surface area contributed by atoms with Crippen molar-refractivity contribution in [1.29, 1.82) is 0 Å². The highest BCUT2D eigenvalue weighted by atomic mass is 35.5. The van der Waals surface area contributed by atoms with Crippen molar-refractivity contribution in [3.63, 3.8) is 0 Å². The molecule has 8 nitrogen and oxygen atoms in total. The molecule has 3 aromatic rings. The highest BCUT2D eigenvalue weighted by Gasteiger charge is 2.28. The van der Waals surface area contributed by atoms with Crippen molar-refractivity contribution in [3.05, 3.63) is 71.1 Å². The summed E-state index contributed by atoms with van der Waals surface area (Å²) in [6.07, 6.45) is 1.09. The first-order valence-electron chi connectivity index (χ1n) is 11.5. The third-order valence-electron chi connectivity index (χ3n) is 5.55. The van der Waals surface area contributed by atoms with Crippen molar-refractivity contribution in [2.75, 3.05) is 18.5 Å². The van der Waals surface area contributed by atoms with Crippen molar-refractivity contribution >= 4 is 40.2 Å². The number of hydrogen-bond acceptors (Lipinski definition) is 6. The summed E-state index contributed by atoms with van der Waals surface area (Å²) in [5.41, 5.74) is 5.12. The van der Waals surface area contributed by atoms with Crippen LogP contribution in [0.25, 0.3) is 10.8 Å². The average Bonchev–Trinajstić information content (AvgIpc) is 2.79. The maximum atomic E-state index is 13.6. The lowest BCUT2D eigenvalue weighted by Gasteiger charge is -2.35. The van der Waals surface area contributed by atoms with E-state index in [4.69, 9.17) is 22.1 Å². The fourth-order valence-electron chi connectivity index (χ4n) is 3.85. The molecule has 0 unspecified atom stereocenters. The number of halogens is 2. The van der Waals surface area contributed by atoms with Gasteiger partial charge in [-0.15, -0.1) is 0 Å². The SMILES string of the molecule is CC(C)(O)C[C@@H](COC(=O)Nc1cc2cc(F)ccc2cn1)N(CCC(N)=O)Cc1ccccc1Cl. The number of fused-ring (bicyclic) bond motifs is 1. The molecule has 0 radical (unpaired) electrons.